The van der Waals surface area contributed by atoms with Gasteiger partial charge in [0.2, 0.25) is 0 Å². The van der Waals surface area contributed by atoms with E-state index in [0.717, 1.165) is 43.8 Å². The zero-order valence-electron chi connectivity index (χ0n) is 16.0. The summed E-state index contributed by atoms with van der Waals surface area (Å²) in [4.78, 5) is 13.0. The van der Waals surface area contributed by atoms with Gasteiger partial charge in [-0.05, 0) is 29.8 Å². The molecule has 2 heterocycles. The van der Waals surface area contributed by atoms with Crippen molar-refractivity contribution in [2.24, 2.45) is 0 Å². The lowest BCUT2D eigenvalue weighted by molar-refractivity contribution is 0.742. The maximum Gasteiger partial charge on any atom is 0.183 e. The topological polar surface area (TPSA) is 53.6 Å². The van der Waals surface area contributed by atoms with Gasteiger partial charge in [0, 0.05) is 22.4 Å². The minimum Gasteiger partial charge on any atom is -0.354 e. The van der Waals surface area contributed by atoms with Crippen LogP contribution in [-0.4, -0.2) is 15.0 Å². The monoisotopic (exact) mass is 430 g/mol. The van der Waals surface area contributed by atoms with Crippen molar-refractivity contribution < 1.29 is 0 Å². The first-order valence-corrected chi connectivity index (χ1v) is 11.0. The Bertz CT molecular complexity index is 1230. The standard InChI is InChI=1S/C24H19ClN4S/c25-18-12-10-17(11-13-18)21(14-23-26-19-8-4-5-9-20(19)27-23)28-24-29-22(15-30-24)16-6-2-1-3-7-16/h1-13,15,21H,14H2,(H,26,27)(H,28,29). The lowest BCUT2D eigenvalue weighted by Crippen LogP contribution is -2.14. The number of nitrogens with zero attached hydrogens (tertiary/aromatic N) is 2. The van der Waals surface area contributed by atoms with E-state index in [4.69, 9.17) is 21.6 Å². The van der Waals surface area contributed by atoms with Crippen molar-refractivity contribution in [3.63, 3.8) is 0 Å². The summed E-state index contributed by atoms with van der Waals surface area (Å²) in [5, 5.41) is 7.29. The van der Waals surface area contributed by atoms with E-state index in [9.17, 15) is 0 Å². The van der Waals surface area contributed by atoms with Crippen LogP contribution in [0.3, 0.4) is 0 Å². The highest BCUT2D eigenvalue weighted by Crippen LogP contribution is 2.30. The maximum atomic E-state index is 6.11. The Morgan fingerprint density at radius 2 is 1.67 bits per heavy atom. The number of halogens is 1. The van der Waals surface area contributed by atoms with Crippen LogP contribution in [0.5, 0.6) is 0 Å². The Labute approximate surface area is 183 Å². The van der Waals surface area contributed by atoms with Crippen LogP contribution in [0, 0.1) is 0 Å². The number of hydrogen-bond acceptors (Lipinski definition) is 4. The van der Waals surface area contributed by atoms with Gasteiger partial charge in [0.1, 0.15) is 5.82 Å². The third-order valence-electron chi connectivity index (χ3n) is 4.98. The van der Waals surface area contributed by atoms with Crippen molar-refractivity contribution in [3.05, 3.63) is 101 Å². The first-order chi connectivity index (χ1) is 14.7. The van der Waals surface area contributed by atoms with E-state index in [1.54, 1.807) is 11.3 Å². The molecule has 0 radical (unpaired) electrons. The lowest BCUT2D eigenvalue weighted by Gasteiger charge is -2.18. The van der Waals surface area contributed by atoms with E-state index in [0.29, 0.717) is 6.42 Å². The normalized spacial score (nSPS) is 12.2. The molecule has 4 nitrogen and oxygen atoms in total. The number of H-pyrrole nitrogens is 1. The summed E-state index contributed by atoms with van der Waals surface area (Å²) >= 11 is 7.72. The average molecular weight is 431 g/mol. The predicted octanol–water partition coefficient (Wildman–Crippen LogP) is 6.74. The largest absolute Gasteiger partial charge is 0.354 e. The third kappa shape index (κ3) is 4.08. The van der Waals surface area contributed by atoms with E-state index in [2.05, 4.69) is 27.8 Å². The van der Waals surface area contributed by atoms with Gasteiger partial charge in [0.25, 0.3) is 0 Å². The summed E-state index contributed by atoms with van der Waals surface area (Å²) in [6.07, 6.45) is 0.705. The number of benzene rings is 3. The molecule has 5 rings (SSSR count). The quantitative estimate of drug-likeness (QED) is 0.313. The average Bonchev–Trinajstić information content (AvgIpc) is 3.41. The molecule has 1 unspecified atom stereocenters. The molecular weight excluding hydrogens is 412 g/mol. The molecule has 30 heavy (non-hydrogen) atoms. The molecule has 3 aromatic carbocycles. The fraction of sp³-hybridized carbons (Fsp3) is 0.0833. The predicted molar refractivity (Wildman–Crippen MR) is 125 cm³/mol. The molecule has 148 valence electrons. The van der Waals surface area contributed by atoms with Crippen LogP contribution < -0.4 is 5.32 Å². The van der Waals surface area contributed by atoms with Crippen molar-refractivity contribution in [1.29, 1.82) is 0 Å². The van der Waals surface area contributed by atoms with Crippen molar-refractivity contribution in [3.8, 4) is 11.3 Å². The zero-order valence-corrected chi connectivity index (χ0v) is 17.6. The first-order valence-electron chi connectivity index (χ1n) is 9.71. The number of hydrogen-bond donors (Lipinski definition) is 2. The maximum absolute atomic E-state index is 6.11. The zero-order chi connectivity index (χ0) is 20.3. The number of rotatable bonds is 6. The lowest BCUT2D eigenvalue weighted by atomic mass is 10.0. The molecule has 0 spiro atoms. The summed E-state index contributed by atoms with van der Waals surface area (Å²) < 4.78 is 0. The number of fused-ring (bicyclic) bond motifs is 1. The number of aromatic amines is 1. The van der Waals surface area contributed by atoms with Gasteiger partial charge >= 0.3 is 0 Å². The van der Waals surface area contributed by atoms with Crippen LogP contribution in [0.4, 0.5) is 5.13 Å². The SMILES string of the molecule is Clc1ccc(C(Cc2nc3ccccc3[nH]2)Nc2nc(-c3ccccc3)cs2)cc1. The highest BCUT2D eigenvalue weighted by molar-refractivity contribution is 7.14. The summed E-state index contributed by atoms with van der Waals surface area (Å²) in [6.45, 7) is 0. The van der Waals surface area contributed by atoms with E-state index >= 15 is 0 Å². The minimum atomic E-state index is 0.0117. The molecule has 0 aliphatic heterocycles. The molecule has 0 saturated heterocycles. The second-order valence-electron chi connectivity index (χ2n) is 7.06. The number of para-hydroxylation sites is 2. The summed E-state index contributed by atoms with van der Waals surface area (Å²) in [6, 6.07) is 26.2. The highest BCUT2D eigenvalue weighted by atomic mass is 35.5. The molecule has 0 fully saturated rings. The Kier molecular flexibility index (Phi) is 5.22. The van der Waals surface area contributed by atoms with Gasteiger partial charge in [0.05, 0.1) is 22.8 Å². The van der Waals surface area contributed by atoms with Crippen molar-refractivity contribution >= 4 is 39.1 Å². The van der Waals surface area contributed by atoms with Crippen LogP contribution in [-0.2, 0) is 6.42 Å². The Hall–Kier alpha value is -3.15. The fourth-order valence-corrected chi connectivity index (χ4v) is 4.37. The van der Waals surface area contributed by atoms with Crippen molar-refractivity contribution in [1.82, 2.24) is 15.0 Å². The molecule has 0 aliphatic carbocycles. The molecule has 1 atom stereocenters. The number of nitrogens with one attached hydrogen (secondary N) is 2. The molecule has 6 heteroatoms. The number of anilines is 1. The molecule has 5 aromatic rings. The Morgan fingerprint density at radius 3 is 2.47 bits per heavy atom. The summed E-state index contributed by atoms with van der Waals surface area (Å²) in [5.74, 6) is 0.934. The van der Waals surface area contributed by atoms with Gasteiger partial charge in [-0.1, -0.05) is 66.2 Å². The molecule has 2 N–H and O–H groups in total. The molecule has 2 aromatic heterocycles. The fourth-order valence-electron chi connectivity index (χ4n) is 3.47. The number of thiazole rings is 1. The van der Waals surface area contributed by atoms with Crippen molar-refractivity contribution in [2.75, 3.05) is 5.32 Å². The van der Waals surface area contributed by atoms with Gasteiger partial charge < -0.3 is 10.3 Å². The highest BCUT2D eigenvalue weighted by Gasteiger charge is 2.17. The van der Waals surface area contributed by atoms with Crippen LogP contribution in [0.25, 0.3) is 22.3 Å². The van der Waals surface area contributed by atoms with Gasteiger partial charge in [-0.2, -0.15) is 0 Å². The van der Waals surface area contributed by atoms with Crippen LogP contribution in [0.15, 0.2) is 84.2 Å². The van der Waals surface area contributed by atoms with E-state index in [1.807, 2.05) is 66.7 Å². The molecule has 0 saturated carbocycles. The number of aromatic nitrogens is 3. The van der Waals surface area contributed by atoms with Crippen LogP contribution >= 0.6 is 22.9 Å². The smallest absolute Gasteiger partial charge is 0.183 e. The third-order valence-corrected chi connectivity index (χ3v) is 6.01. The van der Waals surface area contributed by atoms with Gasteiger partial charge in [-0.25, -0.2) is 9.97 Å². The van der Waals surface area contributed by atoms with E-state index in [-0.39, 0.29) is 6.04 Å². The second-order valence-corrected chi connectivity index (χ2v) is 8.35. The summed E-state index contributed by atoms with van der Waals surface area (Å²) in [5.41, 5.74) is 5.24. The van der Waals surface area contributed by atoms with E-state index in [1.165, 1.54) is 0 Å². The second kappa shape index (κ2) is 8.30. The molecule has 0 bridgehead atoms. The minimum absolute atomic E-state index is 0.0117. The van der Waals surface area contributed by atoms with Gasteiger partial charge in [-0.3, -0.25) is 0 Å². The van der Waals surface area contributed by atoms with Gasteiger partial charge in [0.15, 0.2) is 5.13 Å². The van der Waals surface area contributed by atoms with E-state index < -0.39 is 0 Å². The molecule has 0 amide bonds. The molecule has 0 aliphatic rings. The Morgan fingerprint density at radius 1 is 0.900 bits per heavy atom. The molecular formula is C24H19ClN4S. The van der Waals surface area contributed by atoms with Crippen molar-refractivity contribution in [2.45, 2.75) is 12.5 Å². The van der Waals surface area contributed by atoms with Gasteiger partial charge in [-0.15, -0.1) is 11.3 Å². The summed E-state index contributed by atoms with van der Waals surface area (Å²) in [7, 11) is 0. The van der Waals surface area contributed by atoms with Crippen LogP contribution in [0.2, 0.25) is 5.02 Å². The first kappa shape index (κ1) is 18.9. The van der Waals surface area contributed by atoms with Crippen LogP contribution in [0.1, 0.15) is 17.4 Å². The Balaban J connectivity index is 1.44. The number of imidazole rings is 1.